The highest BCUT2D eigenvalue weighted by molar-refractivity contribution is 5.86. The first-order chi connectivity index (χ1) is 12.1. The van der Waals surface area contributed by atoms with Crippen LogP contribution in [0.4, 0.5) is 13.2 Å². The number of alkyl halides is 3. The van der Waals surface area contributed by atoms with Crippen molar-refractivity contribution in [2.24, 2.45) is 0 Å². The molecule has 1 aromatic heterocycles. The topological polar surface area (TPSA) is 4.93 Å². The zero-order valence-electron chi connectivity index (χ0n) is 13.2. The van der Waals surface area contributed by atoms with Crippen LogP contribution < -0.4 is 0 Å². The van der Waals surface area contributed by atoms with Gasteiger partial charge in [-0.15, -0.1) is 0 Å². The number of aromatic nitrogens is 1. The number of hydrogen-bond donors (Lipinski definition) is 0. The predicted octanol–water partition coefficient (Wildman–Crippen LogP) is 6.32. The van der Waals surface area contributed by atoms with Gasteiger partial charge in [-0.3, -0.25) is 0 Å². The number of hydrogen-bond acceptors (Lipinski definition) is 0. The monoisotopic (exact) mass is 337 g/mol. The quantitative estimate of drug-likeness (QED) is 0.403. The molecule has 0 N–H and O–H groups in total. The summed E-state index contributed by atoms with van der Waals surface area (Å²) in [6.07, 6.45) is -4.44. The summed E-state index contributed by atoms with van der Waals surface area (Å²) in [6, 6.07) is 24.7. The van der Waals surface area contributed by atoms with Gasteiger partial charge in [0.1, 0.15) is 5.69 Å². The Labute approximate surface area is 143 Å². The number of halogens is 3. The van der Waals surface area contributed by atoms with Gasteiger partial charge in [0.15, 0.2) is 0 Å². The van der Waals surface area contributed by atoms with Crippen molar-refractivity contribution in [3.05, 3.63) is 90.6 Å². The lowest BCUT2D eigenvalue weighted by atomic mass is 10.0. The third-order valence-corrected chi connectivity index (χ3v) is 4.23. The van der Waals surface area contributed by atoms with Crippen LogP contribution in [0.15, 0.2) is 84.9 Å². The summed E-state index contributed by atoms with van der Waals surface area (Å²) in [6.45, 7) is 0. The second kappa shape index (κ2) is 5.81. The minimum absolute atomic E-state index is 0.516. The summed E-state index contributed by atoms with van der Waals surface area (Å²) in [7, 11) is 0. The van der Waals surface area contributed by atoms with Crippen molar-refractivity contribution in [2.75, 3.05) is 0 Å². The van der Waals surface area contributed by atoms with E-state index in [2.05, 4.69) is 0 Å². The molecule has 0 saturated heterocycles. The van der Waals surface area contributed by atoms with Gasteiger partial charge in [0, 0.05) is 10.9 Å². The van der Waals surface area contributed by atoms with Gasteiger partial charge in [-0.1, -0.05) is 66.7 Å². The fraction of sp³-hybridized carbons (Fsp3) is 0.0476. The molecule has 124 valence electrons. The molecule has 4 heteroatoms. The molecule has 0 radical (unpaired) electrons. The fourth-order valence-electron chi connectivity index (χ4n) is 3.15. The predicted molar refractivity (Wildman–Crippen MR) is 93.7 cm³/mol. The lowest BCUT2D eigenvalue weighted by Crippen LogP contribution is -2.12. The number of rotatable bonds is 2. The Bertz CT molecular complexity index is 1030. The second-order valence-corrected chi connectivity index (χ2v) is 5.80. The first-order valence-corrected chi connectivity index (χ1v) is 7.88. The van der Waals surface area contributed by atoms with Crippen molar-refractivity contribution in [3.63, 3.8) is 0 Å². The summed E-state index contributed by atoms with van der Waals surface area (Å²) in [5.41, 5.74) is 2.02. The molecular formula is C21H14F3N. The average molecular weight is 337 g/mol. The van der Waals surface area contributed by atoms with Crippen molar-refractivity contribution >= 4 is 10.9 Å². The van der Waals surface area contributed by atoms with Gasteiger partial charge in [0.25, 0.3) is 0 Å². The molecule has 3 aromatic carbocycles. The van der Waals surface area contributed by atoms with E-state index in [0.29, 0.717) is 16.6 Å². The highest BCUT2D eigenvalue weighted by atomic mass is 19.4. The molecule has 0 aliphatic rings. The Kier molecular flexibility index (Phi) is 3.61. The molecule has 1 heterocycles. The third-order valence-electron chi connectivity index (χ3n) is 4.23. The normalized spacial score (nSPS) is 11.8. The van der Waals surface area contributed by atoms with Crippen LogP contribution in [0.25, 0.3) is 27.7 Å². The van der Waals surface area contributed by atoms with Crippen molar-refractivity contribution in [3.8, 4) is 16.8 Å². The highest BCUT2D eigenvalue weighted by Gasteiger charge is 2.36. The molecule has 4 rings (SSSR count). The summed E-state index contributed by atoms with van der Waals surface area (Å²) >= 11 is 0. The average Bonchev–Trinajstić information content (AvgIpc) is 3.02. The summed E-state index contributed by atoms with van der Waals surface area (Å²) in [5.74, 6) is 0. The largest absolute Gasteiger partial charge is 0.431 e. The highest BCUT2D eigenvalue weighted by Crippen LogP contribution is 2.38. The first-order valence-electron chi connectivity index (χ1n) is 7.88. The molecule has 1 nitrogen and oxygen atoms in total. The van der Waals surface area contributed by atoms with Crippen LogP contribution in [0.3, 0.4) is 0 Å². The maximum Gasteiger partial charge on any atom is 0.431 e. The standard InChI is InChI=1S/C21H14F3N/c22-21(23,24)20-14-16-10-4-6-12-18(16)25(20)19-13-7-5-11-17(19)15-8-2-1-3-9-15/h1-14H. The van der Waals surface area contributed by atoms with Crippen molar-refractivity contribution in [1.29, 1.82) is 0 Å². The summed E-state index contributed by atoms with van der Waals surface area (Å²) in [4.78, 5) is 0. The Morgan fingerprint density at radius 2 is 1.32 bits per heavy atom. The molecule has 0 unspecified atom stereocenters. The van der Waals surface area contributed by atoms with Gasteiger partial charge in [-0.05, 0) is 23.8 Å². The van der Waals surface area contributed by atoms with Crippen LogP contribution in [0, 0.1) is 0 Å². The molecule has 0 spiro atoms. The minimum atomic E-state index is -4.44. The van der Waals surface area contributed by atoms with E-state index in [1.165, 1.54) is 10.6 Å². The molecule has 0 bridgehead atoms. The van der Waals surface area contributed by atoms with Crippen LogP contribution in [0.1, 0.15) is 5.69 Å². The van der Waals surface area contributed by atoms with E-state index >= 15 is 0 Å². The summed E-state index contributed by atoms with van der Waals surface area (Å²) < 4.78 is 42.4. The number of fused-ring (bicyclic) bond motifs is 1. The van der Waals surface area contributed by atoms with E-state index < -0.39 is 11.9 Å². The van der Waals surface area contributed by atoms with E-state index in [9.17, 15) is 13.2 Å². The van der Waals surface area contributed by atoms with E-state index in [0.717, 1.165) is 11.1 Å². The number of para-hydroxylation sites is 2. The first kappa shape index (κ1) is 15.5. The number of benzene rings is 3. The van der Waals surface area contributed by atoms with Crippen molar-refractivity contribution in [2.45, 2.75) is 6.18 Å². The molecule has 0 amide bonds. The third kappa shape index (κ3) is 2.70. The van der Waals surface area contributed by atoms with Crippen LogP contribution in [-0.4, -0.2) is 4.57 Å². The lowest BCUT2D eigenvalue weighted by Gasteiger charge is -2.17. The van der Waals surface area contributed by atoms with E-state index in [1.54, 1.807) is 36.4 Å². The molecule has 25 heavy (non-hydrogen) atoms. The summed E-state index contributed by atoms with van der Waals surface area (Å²) in [5, 5.41) is 0.567. The lowest BCUT2D eigenvalue weighted by molar-refractivity contribution is -0.142. The van der Waals surface area contributed by atoms with E-state index in [4.69, 9.17) is 0 Å². The maximum absolute atomic E-state index is 13.7. The van der Waals surface area contributed by atoms with E-state index in [1.807, 2.05) is 42.5 Å². The molecular weight excluding hydrogens is 323 g/mol. The Hall–Kier alpha value is -3.01. The molecule has 0 aliphatic carbocycles. The van der Waals surface area contributed by atoms with Gasteiger partial charge in [-0.2, -0.15) is 13.2 Å². The zero-order chi connectivity index (χ0) is 17.4. The Morgan fingerprint density at radius 3 is 2.08 bits per heavy atom. The van der Waals surface area contributed by atoms with Gasteiger partial charge >= 0.3 is 6.18 Å². The van der Waals surface area contributed by atoms with Crippen LogP contribution >= 0.6 is 0 Å². The molecule has 4 aromatic rings. The molecule has 0 atom stereocenters. The van der Waals surface area contributed by atoms with Crippen LogP contribution in [0.5, 0.6) is 0 Å². The van der Waals surface area contributed by atoms with Crippen molar-refractivity contribution < 1.29 is 13.2 Å². The molecule has 0 aliphatic heterocycles. The van der Waals surface area contributed by atoms with Crippen LogP contribution in [0.2, 0.25) is 0 Å². The Balaban J connectivity index is 2.07. The maximum atomic E-state index is 13.7. The van der Waals surface area contributed by atoms with Gasteiger partial charge in [0.2, 0.25) is 0 Å². The van der Waals surface area contributed by atoms with Crippen LogP contribution in [-0.2, 0) is 6.18 Å². The number of nitrogens with zero attached hydrogens (tertiary/aromatic N) is 1. The van der Waals surface area contributed by atoms with Gasteiger partial charge < -0.3 is 4.57 Å². The molecule has 0 fully saturated rings. The SMILES string of the molecule is FC(F)(F)c1cc2ccccc2n1-c1ccccc1-c1ccccc1. The van der Waals surface area contributed by atoms with Gasteiger partial charge in [-0.25, -0.2) is 0 Å². The van der Waals surface area contributed by atoms with Gasteiger partial charge in [0.05, 0.1) is 11.2 Å². The molecule has 0 saturated carbocycles. The van der Waals surface area contributed by atoms with Crippen molar-refractivity contribution in [1.82, 2.24) is 4.57 Å². The minimum Gasteiger partial charge on any atom is -0.305 e. The second-order valence-electron chi connectivity index (χ2n) is 5.80. The fourth-order valence-corrected chi connectivity index (χ4v) is 3.15. The Morgan fingerprint density at radius 1 is 0.680 bits per heavy atom. The smallest absolute Gasteiger partial charge is 0.305 e. The zero-order valence-corrected chi connectivity index (χ0v) is 13.2. The van der Waals surface area contributed by atoms with E-state index in [-0.39, 0.29) is 0 Å².